The minimum absolute atomic E-state index is 0.0142. The van der Waals surface area contributed by atoms with E-state index >= 15 is 0 Å². The van der Waals surface area contributed by atoms with E-state index in [1.807, 2.05) is 30.3 Å². The van der Waals surface area contributed by atoms with Gasteiger partial charge in [-0.3, -0.25) is 4.79 Å². The van der Waals surface area contributed by atoms with Gasteiger partial charge in [-0.05, 0) is 23.4 Å². The van der Waals surface area contributed by atoms with E-state index in [1.54, 1.807) is 12.2 Å². The molecule has 2 aromatic rings. The summed E-state index contributed by atoms with van der Waals surface area (Å²) in [7, 11) is 0. The maximum absolute atomic E-state index is 11.8. The van der Waals surface area contributed by atoms with Gasteiger partial charge in [0.25, 0.3) is 0 Å². The van der Waals surface area contributed by atoms with Gasteiger partial charge >= 0.3 is 0 Å². The van der Waals surface area contributed by atoms with Crippen molar-refractivity contribution in [1.82, 2.24) is 4.98 Å². The summed E-state index contributed by atoms with van der Waals surface area (Å²) in [5, 5.41) is 4.10. The minimum Gasteiger partial charge on any atom is -0.288 e. The summed E-state index contributed by atoms with van der Waals surface area (Å²) in [5.41, 5.74) is 1.65. The quantitative estimate of drug-likeness (QED) is 0.578. The van der Waals surface area contributed by atoms with Gasteiger partial charge in [0.15, 0.2) is 0 Å². The lowest BCUT2D eigenvalue weighted by Gasteiger charge is -2.02. The summed E-state index contributed by atoms with van der Waals surface area (Å²) in [6, 6.07) is 10.2. The lowest BCUT2D eigenvalue weighted by molar-refractivity contribution is 0.104. The first-order valence-corrected chi connectivity index (χ1v) is 5.88. The van der Waals surface area contributed by atoms with E-state index in [0.717, 1.165) is 21.3 Å². The number of hydrogen-bond donors (Lipinski definition) is 0. The molecule has 1 aromatic carbocycles. The number of ketones is 1. The summed E-state index contributed by atoms with van der Waals surface area (Å²) < 4.78 is 0. The molecule has 4 rings (SSSR count). The summed E-state index contributed by atoms with van der Waals surface area (Å²) in [6.45, 7) is 0. The second kappa shape index (κ2) is 3.26. The van der Waals surface area contributed by atoms with Gasteiger partial charge in [-0.1, -0.05) is 36.4 Å². The molecule has 18 heavy (non-hydrogen) atoms. The average molecular weight is 231 g/mol. The third-order valence-electron chi connectivity index (χ3n) is 3.37. The van der Waals surface area contributed by atoms with E-state index in [2.05, 4.69) is 17.1 Å². The van der Waals surface area contributed by atoms with Crippen LogP contribution in [-0.2, 0) is 0 Å². The fourth-order valence-corrected chi connectivity index (χ4v) is 2.52. The van der Waals surface area contributed by atoms with Crippen molar-refractivity contribution < 1.29 is 4.79 Å². The van der Waals surface area contributed by atoms with Crippen LogP contribution >= 0.6 is 0 Å². The summed E-state index contributed by atoms with van der Waals surface area (Å²) in [4.78, 5) is 16.4. The number of fused-ring (bicyclic) bond motifs is 3. The van der Waals surface area contributed by atoms with E-state index in [0.29, 0.717) is 5.69 Å². The van der Waals surface area contributed by atoms with Crippen molar-refractivity contribution in [3.63, 3.8) is 0 Å². The van der Waals surface area contributed by atoms with Crippen LogP contribution in [0.25, 0.3) is 12.2 Å². The zero-order valence-corrected chi connectivity index (χ0v) is 9.55. The van der Waals surface area contributed by atoms with Crippen LogP contribution in [0.2, 0.25) is 0 Å². The van der Waals surface area contributed by atoms with Crippen molar-refractivity contribution in [1.29, 1.82) is 0 Å². The molecule has 0 unspecified atom stereocenters. The average Bonchev–Trinajstić information content (AvgIpc) is 2.75. The van der Waals surface area contributed by atoms with E-state index < -0.39 is 0 Å². The van der Waals surface area contributed by atoms with Crippen LogP contribution in [0.15, 0.2) is 42.5 Å². The third-order valence-corrected chi connectivity index (χ3v) is 3.37. The summed E-state index contributed by atoms with van der Waals surface area (Å²) in [6.07, 6.45) is 7.39. The van der Waals surface area contributed by atoms with Crippen molar-refractivity contribution in [2.75, 3.05) is 0 Å². The SMILES string of the molecule is O=C1C=CC=c2cc3c(nc21)=c1ccccc1=C3. The fraction of sp³-hybridized carbons (Fsp3) is 0. The second-order valence-corrected chi connectivity index (χ2v) is 4.49. The van der Waals surface area contributed by atoms with Crippen molar-refractivity contribution in [3.05, 3.63) is 74.7 Å². The molecule has 0 amide bonds. The van der Waals surface area contributed by atoms with Gasteiger partial charge in [0.05, 0.1) is 5.35 Å². The minimum atomic E-state index is -0.0142. The van der Waals surface area contributed by atoms with Crippen LogP contribution in [-0.4, -0.2) is 10.8 Å². The molecular formula is C16H9NO. The number of carbonyl (C=O) groups excluding carboxylic acids is 1. The van der Waals surface area contributed by atoms with Crippen LogP contribution in [0, 0.1) is 10.6 Å². The highest BCUT2D eigenvalue weighted by Gasteiger charge is 2.12. The highest BCUT2D eigenvalue weighted by Crippen LogP contribution is 2.08. The van der Waals surface area contributed by atoms with Crippen LogP contribution in [0.1, 0.15) is 16.1 Å². The van der Waals surface area contributed by atoms with Crippen LogP contribution in [0.3, 0.4) is 0 Å². The monoisotopic (exact) mass is 231 g/mol. The molecule has 0 N–H and O–H groups in total. The number of nitrogens with zero attached hydrogens (tertiary/aromatic N) is 1. The molecule has 84 valence electrons. The van der Waals surface area contributed by atoms with E-state index in [-0.39, 0.29) is 5.78 Å². The number of pyridine rings is 1. The molecule has 2 aliphatic carbocycles. The van der Waals surface area contributed by atoms with Crippen molar-refractivity contribution in [2.24, 2.45) is 0 Å². The topological polar surface area (TPSA) is 30.0 Å². The van der Waals surface area contributed by atoms with Crippen LogP contribution in [0.5, 0.6) is 0 Å². The molecule has 0 bridgehead atoms. The van der Waals surface area contributed by atoms with Gasteiger partial charge < -0.3 is 0 Å². The first-order chi connectivity index (χ1) is 8.83. The number of allylic oxidation sites excluding steroid dienone is 2. The Labute approximate surface area is 103 Å². The van der Waals surface area contributed by atoms with E-state index in [4.69, 9.17) is 0 Å². The standard InChI is InChI=1S/C16H9NO/c18-14-7-3-5-11-9-12-8-10-4-1-2-6-13(10)15(12)17-16(11)14/h1-9H. The Hall–Kier alpha value is -2.48. The normalized spacial score (nSPS) is 14.3. The molecule has 0 aliphatic heterocycles. The molecule has 1 aromatic heterocycles. The lowest BCUT2D eigenvalue weighted by atomic mass is 10.1. The zero-order chi connectivity index (χ0) is 12.1. The fourth-order valence-electron chi connectivity index (χ4n) is 2.52. The molecule has 0 saturated heterocycles. The summed E-state index contributed by atoms with van der Waals surface area (Å²) >= 11 is 0. The number of carbonyl (C=O) groups is 1. The van der Waals surface area contributed by atoms with E-state index in [1.165, 1.54) is 5.22 Å². The number of benzene rings is 1. The van der Waals surface area contributed by atoms with E-state index in [9.17, 15) is 4.79 Å². The first kappa shape index (κ1) is 9.54. The molecule has 2 heteroatoms. The molecule has 1 heterocycles. The first-order valence-electron chi connectivity index (χ1n) is 5.88. The second-order valence-electron chi connectivity index (χ2n) is 4.49. The smallest absolute Gasteiger partial charge is 0.204 e. The van der Waals surface area contributed by atoms with Gasteiger partial charge in [0, 0.05) is 16.0 Å². The molecule has 0 atom stereocenters. The Kier molecular flexibility index (Phi) is 1.73. The Morgan fingerprint density at radius 1 is 1.06 bits per heavy atom. The Bertz CT molecular complexity index is 936. The molecule has 0 radical (unpaired) electrons. The van der Waals surface area contributed by atoms with Crippen molar-refractivity contribution >= 4 is 17.9 Å². The van der Waals surface area contributed by atoms with Gasteiger partial charge in [0.2, 0.25) is 5.78 Å². The molecule has 2 aliphatic rings. The summed E-state index contributed by atoms with van der Waals surface area (Å²) in [5.74, 6) is -0.0142. The number of rotatable bonds is 0. The van der Waals surface area contributed by atoms with Gasteiger partial charge in [0.1, 0.15) is 5.69 Å². The Morgan fingerprint density at radius 3 is 2.89 bits per heavy atom. The highest BCUT2D eigenvalue weighted by molar-refractivity contribution is 6.05. The largest absolute Gasteiger partial charge is 0.288 e. The third kappa shape index (κ3) is 1.17. The van der Waals surface area contributed by atoms with Crippen LogP contribution in [0.4, 0.5) is 0 Å². The predicted octanol–water partition coefficient (Wildman–Crippen LogP) is 1.04. The maximum atomic E-state index is 11.8. The zero-order valence-electron chi connectivity index (χ0n) is 9.55. The van der Waals surface area contributed by atoms with Crippen molar-refractivity contribution in [2.45, 2.75) is 0 Å². The van der Waals surface area contributed by atoms with Gasteiger partial charge in [-0.25, -0.2) is 4.98 Å². The molecular weight excluding hydrogens is 222 g/mol. The maximum Gasteiger partial charge on any atom is 0.204 e. The number of hydrogen-bond acceptors (Lipinski definition) is 2. The molecule has 0 saturated carbocycles. The molecule has 0 spiro atoms. The predicted molar refractivity (Wildman–Crippen MR) is 69.1 cm³/mol. The molecule has 2 nitrogen and oxygen atoms in total. The van der Waals surface area contributed by atoms with Gasteiger partial charge in [-0.15, -0.1) is 0 Å². The van der Waals surface area contributed by atoms with Crippen LogP contribution < -0.4 is 10.4 Å². The van der Waals surface area contributed by atoms with Crippen molar-refractivity contribution in [3.8, 4) is 0 Å². The lowest BCUT2D eigenvalue weighted by Crippen LogP contribution is -2.19. The number of aromatic nitrogens is 1. The molecule has 0 fully saturated rings. The Balaban J connectivity index is 2.25. The highest BCUT2D eigenvalue weighted by atomic mass is 16.1. The Morgan fingerprint density at radius 2 is 1.94 bits per heavy atom. The van der Waals surface area contributed by atoms with Gasteiger partial charge in [-0.2, -0.15) is 0 Å².